The molecule has 0 amide bonds. The quantitative estimate of drug-likeness (QED) is 0.359. The Bertz CT molecular complexity index is 88.4. The molecule has 48 valence electrons. The van der Waals surface area contributed by atoms with E-state index in [1.54, 1.807) is 18.8 Å². The molecule has 0 fully saturated rings. The van der Waals surface area contributed by atoms with Gasteiger partial charge in [0.15, 0.2) is 5.17 Å². The maximum Gasteiger partial charge on any atom is 0.158 e. The smallest absolute Gasteiger partial charge is 0.158 e. The van der Waals surface area contributed by atoms with Gasteiger partial charge in [0.05, 0.1) is 0 Å². The van der Waals surface area contributed by atoms with Gasteiger partial charge in [-0.15, -0.1) is 0 Å². The fourth-order valence-electron chi connectivity index (χ4n) is 0.474. The van der Waals surface area contributed by atoms with E-state index >= 15 is 0 Å². The van der Waals surface area contributed by atoms with Crippen molar-refractivity contribution < 1.29 is 0 Å². The van der Waals surface area contributed by atoms with Gasteiger partial charge in [-0.2, -0.15) is 0 Å². The monoisotopic (exact) mass is 132 g/mol. The van der Waals surface area contributed by atoms with Crippen molar-refractivity contribution in [3.8, 4) is 0 Å². The molecule has 0 rings (SSSR count). The minimum atomic E-state index is 1.06. The number of rotatable bonds is 0. The van der Waals surface area contributed by atoms with Crippen molar-refractivity contribution >= 4 is 16.9 Å². The molecule has 0 N–H and O–H groups in total. The predicted octanol–water partition coefficient (Wildman–Crippen LogP) is 0.897. The second-order valence-electron chi connectivity index (χ2n) is 1.60. The van der Waals surface area contributed by atoms with Crippen molar-refractivity contribution in [2.45, 2.75) is 0 Å². The summed E-state index contributed by atoms with van der Waals surface area (Å²) in [5.41, 5.74) is 0. The van der Waals surface area contributed by atoms with Gasteiger partial charge in [0.2, 0.25) is 0 Å². The third-order valence-corrected chi connectivity index (χ3v) is 1.67. The Morgan fingerprint density at radius 1 is 1.50 bits per heavy atom. The Labute approximate surface area is 55.0 Å². The average molecular weight is 132 g/mol. The van der Waals surface area contributed by atoms with Crippen molar-refractivity contribution in [1.29, 1.82) is 0 Å². The maximum atomic E-state index is 4.01. The Hall–Kier alpha value is -0.180. The van der Waals surface area contributed by atoms with Crippen LogP contribution in [0.15, 0.2) is 4.99 Å². The van der Waals surface area contributed by atoms with Gasteiger partial charge in [-0.05, 0) is 6.26 Å². The Balaban J connectivity index is 3.72. The van der Waals surface area contributed by atoms with Gasteiger partial charge < -0.3 is 4.90 Å². The Morgan fingerprint density at radius 3 is 2.00 bits per heavy atom. The summed E-state index contributed by atoms with van der Waals surface area (Å²) >= 11 is 1.65. The van der Waals surface area contributed by atoms with E-state index in [1.165, 1.54) is 0 Å². The normalized spacial score (nSPS) is 11.8. The third kappa shape index (κ3) is 2.21. The SMILES string of the molecule is CN=C(SC)N(C)C. The molecule has 0 aromatic rings. The molecule has 0 atom stereocenters. The first kappa shape index (κ1) is 7.82. The molecule has 0 radical (unpaired) electrons. The maximum absolute atomic E-state index is 4.01. The lowest BCUT2D eigenvalue weighted by Gasteiger charge is -2.10. The summed E-state index contributed by atoms with van der Waals surface area (Å²) in [6, 6.07) is 0. The summed E-state index contributed by atoms with van der Waals surface area (Å²) in [6.07, 6.45) is 2.02. The van der Waals surface area contributed by atoms with Crippen LogP contribution in [0.3, 0.4) is 0 Å². The number of hydrogen-bond donors (Lipinski definition) is 0. The van der Waals surface area contributed by atoms with Crippen LogP contribution in [0.25, 0.3) is 0 Å². The molecule has 0 aliphatic heterocycles. The molecule has 0 unspecified atom stereocenters. The Kier molecular flexibility index (Phi) is 3.69. The summed E-state index contributed by atoms with van der Waals surface area (Å²) in [4.78, 5) is 6.00. The third-order valence-electron chi connectivity index (χ3n) is 0.756. The summed E-state index contributed by atoms with van der Waals surface area (Å²) in [7, 11) is 5.77. The van der Waals surface area contributed by atoms with Crippen LogP contribution >= 0.6 is 11.8 Å². The van der Waals surface area contributed by atoms with E-state index in [0.29, 0.717) is 0 Å². The molecule has 2 nitrogen and oxygen atoms in total. The lowest BCUT2D eigenvalue weighted by molar-refractivity contribution is 0.635. The van der Waals surface area contributed by atoms with E-state index in [1.807, 2.05) is 25.3 Å². The number of amidine groups is 1. The minimum absolute atomic E-state index is 1.06. The van der Waals surface area contributed by atoms with Crippen molar-refractivity contribution in [2.24, 2.45) is 4.99 Å². The van der Waals surface area contributed by atoms with E-state index in [4.69, 9.17) is 0 Å². The fourth-order valence-corrected chi connectivity index (χ4v) is 1.02. The van der Waals surface area contributed by atoms with Crippen LogP contribution in [0, 0.1) is 0 Å². The van der Waals surface area contributed by atoms with E-state index in [2.05, 4.69) is 4.99 Å². The highest BCUT2D eigenvalue weighted by atomic mass is 32.2. The van der Waals surface area contributed by atoms with Crippen LogP contribution in [0.1, 0.15) is 0 Å². The average Bonchev–Trinajstić information content (AvgIpc) is 1.69. The second kappa shape index (κ2) is 3.78. The summed E-state index contributed by atoms with van der Waals surface area (Å²) in [5.74, 6) is 0. The lowest BCUT2D eigenvalue weighted by Crippen LogP contribution is -2.17. The van der Waals surface area contributed by atoms with Crippen LogP contribution in [0.5, 0.6) is 0 Å². The molecule has 0 aliphatic rings. The largest absolute Gasteiger partial charge is 0.358 e. The first-order valence-corrected chi connectivity index (χ1v) is 3.63. The van der Waals surface area contributed by atoms with Gasteiger partial charge >= 0.3 is 0 Å². The van der Waals surface area contributed by atoms with Crippen LogP contribution < -0.4 is 0 Å². The predicted molar refractivity (Wildman–Crippen MR) is 40.6 cm³/mol. The zero-order valence-electron chi connectivity index (χ0n) is 5.80. The Morgan fingerprint density at radius 2 is 2.00 bits per heavy atom. The van der Waals surface area contributed by atoms with Gasteiger partial charge in [0.25, 0.3) is 0 Å². The summed E-state index contributed by atoms with van der Waals surface area (Å²) in [5, 5.41) is 1.06. The van der Waals surface area contributed by atoms with Crippen molar-refractivity contribution in [3.05, 3.63) is 0 Å². The van der Waals surface area contributed by atoms with Crippen molar-refractivity contribution in [2.75, 3.05) is 27.4 Å². The summed E-state index contributed by atoms with van der Waals surface area (Å²) < 4.78 is 0. The molecule has 0 heterocycles. The molecule has 3 heteroatoms. The molecular weight excluding hydrogens is 120 g/mol. The lowest BCUT2D eigenvalue weighted by atomic mass is 10.9. The van der Waals surface area contributed by atoms with Gasteiger partial charge in [0.1, 0.15) is 0 Å². The first-order valence-electron chi connectivity index (χ1n) is 2.40. The second-order valence-corrected chi connectivity index (χ2v) is 2.38. The molecule has 0 saturated heterocycles. The highest BCUT2D eigenvalue weighted by Gasteiger charge is 1.93. The van der Waals surface area contributed by atoms with E-state index in [0.717, 1.165) is 5.17 Å². The fraction of sp³-hybridized carbons (Fsp3) is 0.800. The summed E-state index contributed by atoms with van der Waals surface area (Å²) in [6.45, 7) is 0. The first-order chi connectivity index (χ1) is 3.72. The molecule has 0 aromatic carbocycles. The van der Waals surface area contributed by atoms with Crippen molar-refractivity contribution in [3.63, 3.8) is 0 Å². The number of thioether (sulfide) groups is 1. The van der Waals surface area contributed by atoms with Crippen LogP contribution in [0.2, 0.25) is 0 Å². The molecule has 0 aromatic heterocycles. The van der Waals surface area contributed by atoms with Crippen LogP contribution in [-0.2, 0) is 0 Å². The van der Waals surface area contributed by atoms with Crippen LogP contribution in [0.4, 0.5) is 0 Å². The van der Waals surface area contributed by atoms with Gasteiger partial charge in [-0.1, -0.05) is 11.8 Å². The van der Waals surface area contributed by atoms with Gasteiger partial charge in [-0.3, -0.25) is 4.99 Å². The topological polar surface area (TPSA) is 15.6 Å². The zero-order valence-corrected chi connectivity index (χ0v) is 6.62. The van der Waals surface area contributed by atoms with Crippen molar-refractivity contribution in [1.82, 2.24) is 4.90 Å². The van der Waals surface area contributed by atoms with E-state index < -0.39 is 0 Å². The van der Waals surface area contributed by atoms with Crippen LogP contribution in [-0.4, -0.2) is 37.5 Å². The highest BCUT2D eigenvalue weighted by Crippen LogP contribution is 1.98. The molecule has 0 saturated carbocycles. The number of aliphatic imine (C=N–C) groups is 1. The zero-order chi connectivity index (χ0) is 6.57. The molecule has 0 spiro atoms. The highest BCUT2D eigenvalue weighted by molar-refractivity contribution is 8.13. The van der Waals surface area contributed by atoms with Gasteiger partial charge in [-0.25, -0.2) is 0 Å². The molecular formula is C5H12N2S. The molecule has 8 heavy (non-hydrogen) atoms. The van der Waals surface area contributed by atoms with E-state index in [9.17, 15) is 0 Å². The minimum Gasteiger partial charge on any atom is -0.358 e. The van der Waals surface area contributed by atoms with Gasteiger partial charge in [0, 0.05) is 21.1 Å². The number of hydrogen-bond acceptors (Lipinski definition) is 2. The molecule has 0 aliphatic carbocycles. The van der Waals surface area contributed by atoms with E-state index in [-0.39, 0.29) is 0 Å². The standard InChI is InChI=1S/C5H12N2S/c1-6-5(8-4)7(2)3/h1-4H3. The number of nitrogens with zero attached hydrogens (tertiary/aromatic N) is 2. The molecule has 0 bridgehead atoms.